The van der Waals surface area contributed by atoms with Crippen LogP contribution in [0.4, 0.5) is 4.79 Å². The van der Waals surface area contributed by atoms with E-state index in [2.05, 4.69) is 0 Å². The summed E-state index contributed by atoms with van der Waals surface area (Å²) >= 11 is 17.9. The number of hydrogen-bond donors (Lipinski definition) is 1. The van der Waals surface area contributed by atoms with Gasteiger partial charge in [0, 0.05) is 16.1 Å². The molecule has 0 saturated carbocycles. The highest BCUT2D eigenvalue weighted by Gasteiger charge is 2.28. The molecule has 1 aliphatic rings. The Labute approximate surface area is 146 Å². The van der Waals surface area contributed by atoms with E-state index in [0.29, 0.717) is 31.9 Å². The van der Waals surface area contributed by atoms with Crippen LogP contribution in [0.2, 0.25) is 15.1 Å². The molecular weight excluding hydrogens is 363 g/mol. The number of halogens is 3. The van der Waals surface area contributed by atoms with Crippen LogP contribution in [0.1, 0.15) is 17.2 Å². The van der Waals surface area contributed by atoms with Crippen molar-refractivity contribution in [3.05, 3.63) is 68.4 Å². The molecule has 0 saturated heterocycles. The smallest absolute Gasteiger partial charge is 0.477 e. The number of carbonyl (C=O) groups is 1. The lowest BCUT2D eigenvalue weighted by Crippen LogP contribution is -2.18. The van der Waals surface area contributed by atoms with E-state index >= 15 is 0 Å². The predicted octanol–water partition coefficient (Wildman–Crippen LogP) is 5.82. The molecule has 3 rings (SSSR count). The highest BCUT2D eigenvalue weighted by molar-refractivity contribution is 6.42. The molecule has 0 bridgehead atoms. The van der Waals surface area contributed by atoms with Gasteiger partial charge in [-0.1, -0.05) is 40.9 Å². The maximum absolute atomic E-state index is 11.0. The molecule has 0 fully saturated rings. The van der Waals surface area contributed by atoms with Crippen molar-refractivity contribution in [1.29, 1.82) is 0 Å². The lowest BCUT2D eigenvalue weighted by atomic mass is 10.0. The van der Waals surface area contributed by atoms with Gasteiger partial charge in [-0.25, -0.2) is 4.79 Å². The monoisotopic (exact) mass is 370 g/mol. The van der Waals surface area contributed by atoms with Gasteiger partial charge in [0.1, 0.15) is 5.75 Å². The molecule has 118 valence electrons. The second-order valence-corrected chi connectivity index (χ2v) is 6.02. The molecule has 4 nitrogen and oxygen atoms in total. The number of ether oxygens (including phenoxy) is 2. The number of benzene rings is 2. The third kappa shape index (κ3) is 3.39. The lowest BCUT2D eigenvalue weighted by molar-refractivity contribution is 0.0900. The number of hydrogen-bond acceptors (Lipinski definition) is 3. The van der Waals surface area contributed by atoms with Crippen LogP contribution < -0.4 is 4.74 Å². The number of carboxylic acid groups (broad SMARTS) is 1. The van der Waals surface area contributed by atoms with Gasteiger partial charge in [-0.2, -0.15) is 0 Å². The Morgan fingerprint density at radius 2 is 1.87 bits per heavy atom. The van der Waals surface area contributed by atoms with Crippen molar-refractivity contribution in [2.24, 2.45) is 0 Å². The van der Waals surface area contributed by atoms with Crippen molar-refractivity contribution in [1.82, 2.24) is 0 Å². The van der Waals surface area contributed by atoms with Crippen LogP contribution in [0.15, 0.2) is 42.2 Å². The first-order valence-corrected chi connectivity index (χ1v) is 7.61. The zero-order valence-electron chi connectivity index (χ0n) is 11.4. The highest BCUT2D eigenvalue weighted by Crippen LogP contribution is 2.40. The Morgan fingerprint density at radius 1 is 1.09 bits per heavy atom. The highest BCUT2D eigenvalue weighted by atomic mass is 35.5. The number of fused-ring (bicyclic) bond motifs is 1. The van der Waals surface area contributed by atoms with Crippen LogP contribution in [0, 0.1) is 0 Å². The van der Waals surface area contributed by atoms with E-state index in [0.717, 1.165) is 0 Å². The van der Waals surface area contributed by atoms with E-state index in [4.69, 9.17) is 49.4 Å². The molecule has 0 aromatic heterocycles. The fraction of sp³-hybridized carbons (Fsp3) is 0.0625. The molecule has 1 unspecified atom stereocenters. The average Bonchev–Trinajstić information content (AvgIpc) is 2.49. The van der Waals surface area contributed by atoms with Crippen molar-refractivity contribution in [2.45, 2.75) is 6.10 Å². The summed E-state index contributed by atoms with van der Waals surface area (Å²) in [7, 11) is 0. The van der Waals surface area contributed by atoms with E-state index in [-0.39, 0.29) is 5.76 Å². The molecule has 1 atom stereocenters. The second kappa shape index (κ2) is 6.32. The standard InChI is InChI=1S/C16H9Cl3O4/c17-10-2-4-13-9(5-10)7-14(23-16(20)21)15(22-13)8-1-3-11(18)12(19)6-8/h1-7,15H,(H,20,21). The average molecular weight is 372 g/mol. The fourth-order valence-corrected chi connectivity index (χ4v) is 2.73. The van der Waals surface area contributed by atoms with Crippen LogP contribution in [-0.4, -0.2) is 11.3 Å². The van der Waals surface area contributed by atoms with Gasteiger partial charge < -0.3 is 14.6 Å². The van der Waals surface area contributed by atoms with E-state index in [1.165, 1.54) is 0 Å². The molecule has 23 heavy (non-hydrogen) atoms. The first kappa shape index (κ1) is 16.0. The van der Waals surface area contributed by atoms with Gasteiger partial charge >= 0.3 is 6.16 Å². The van der Waals surface area contributed by atoms with E-state index < -0.39 is 12.3 Å². The molecule has 2 aromatic rings. The summed E-state index contributed by atoms with van der Waals surface area (Å²) < 4.78 is 10.7. The normalized spacial score (nSPS) is 16.1. The van der Waals surface area contributed by atoms with Crippen LogP contribution in [0.3, 0.4) is 0 Å². The molecule has 0 spiro atoms. The van der Waals surface area contributed by atoms with Gasteiger partial charge in [0.2, 0.25) is 0 Å². The van der Waals surface area contributed by atoms with Crippen LogP contribution in [0.25, 0.3) is 6.08 Å². The largest absolute Gasteiger partial charge is 0.511 e. The van der Waals surface area contributed by atoms with Gasteiger partial charge in [-0.05, 0) is 36.4 Å². The molecule has 1 aliphatic heterocycles. The van der Waals surface area contributed by atoms with Crippen molar-refractivity contribution >= 4 is 47.0 Å². The van der Waals surface area contributed by atoms with Gasteiger partial charge in [0.15, 0.2) is 11.9 Å². The van der Waals surface area contributed by atoms with Gasteiger partial charge in [0.25, 0.3) is 0 Å². The summed E-state index contributed by atoms with van der Waals surface area (Å²) in [4.78, 5) is 11.0. The first-order valence-electron chi connectivity index (χ1n) is 6.47. The Hall–Kier alpha value is -1.88. The summed E-state index contributed by atoms with van der Waals surface area (Å²) in [6.07, 6.45) is -0.614. The third-order valence-corrected chi connectivity index (χ3v) is 4.20. The Morgan fingerprint density at radius 3 is 2.57 bits per heavy atom. The summed E-state index contributed by atoms with van der Waals surface area (Å²) in [5.74, 6) is 0.675. The van der Waals surface area contributed by atoms with Gasteiger partial charge in [0.05, 0.1) is 10.0 Å². The maximum atomic E-state index is 11.0. The summed E-state index contributed by atoms with van der Waals surface area (Å²) in [5.41, 5.74) is 1.25. The molecule has 1 N–H and O–H groups in total. The van der Waals surface area contributed by atoms with Crippen LogP contribution in [-0.2, 0) is 4.74 Å². The molecular formula is C16H9Cl3O4. The minimum Gasteiger partial charge on any atom is -0.477 e. The van der Waals surface area contributed by atoms with Gasteiger partial charge in [-0.15, -0.1) is 0 Å². The van der Waals surface area contributed by atoms with Crippen molar-refractivity contribution in [2.75, 3.05) is 0 Å². The third-order valence-electron chi connectivity index (χ3n) is 3.22. The Kier molecular flexibility index (Phi) is 4.39. The van der Waals surface area contributed by atoms with E-state index in [1.54, 1.807) is 42.5 Å². The predicted molar refractivity (Wildman–Crippen MR) is 88.4 cm³/mol. The molecule has 0 aliphatic carbocycles. The topological polar surface area (TPSA) is 55.8 Å². The molecule has 2 aromatic carbocycles. The molecule has 0 amide bonds. The van der Waals surface area contributed by atoms with Crippen molar-refractivity contribution in [3.8, 4) is 5.75 Å². The van der Waals surface area contributed by atoms with Crippen molar-refractivity contribution < 1.29 is 19.4 Å². The quantitative estimate of drug-likeness (QED) is 0.676. The maximum Gasteiger partial charge on any atom is 0.511 e. The minimum absolute atomic E-state index is 0.116. The van der Waals surface area contributed by atoms with E-state index in [9.17, 15) is 4.79 Å². The lowest BCUT2D eigenvalue weighted by Gasteiger charge is -2.26. The summed E-state index contributed by atoms with van der Waals surface area (Å²) in [6, 6.07) is 9.96. The Balaban J connectivity index is 2.06. The second-order valence-electron chi connectivity index (χ2n) is 4.77. The molecule has 0 radical (unpaired) electrons. The van der Waals surface area contributed by atoms with Crippen LogP contribution in [0.5, 0.6) is 5.75 Å². The summed E-state index contributed by atoms with van der Waals surface area (Å²) in [6.45, 7) is 0. The minimum atomic E-state index is -1.43. The van der Waals surface area contributed by atoms with Gasteiger partial charge in [-0.3, -0.25) is 0 Å². The zero-order valence-corrected chi connectivity index (χ0v) is 13.7. The van der Waals surface area contributed by atoms with Crippen LogP contribution >= 0.6 is 34.8 Å². The first-order chi connectivity index (χ1) is 10.9. The molecule has 1 heterocycles. The summed E-state index contributed by atoms with van der Waals surface area (Å²) in [5, 5.41) is 10.2. The molecule has 7 heteroatoms. The van der Waals surface area contributed by atoms with E-state index in [1.807, 2.05) is 0 Å². The fourth-order valence-electron chi connectivity index (χ4n) is 2.25. The van der Waals surface area contributed by atoms with Crippen molar-refractivity contribution in [3.63, 3.8) is 0 Å². The SMILES string of the molecule is O=C(O)OC1=Cc2cc(Cl)ccc2OC1c1ccc(Cl)c(Cl)c1. The zero-order chi connectivity index (χ0) is 16.6. The Bertz CT molecular complexity index is 817. The number of rotatable bonds is 2.